The van der Waals surface area contributed by atoms with E-state index >= 15 is 0 Å². The number of nitrogens with one attached hydrogen (secondary N) is 2. The summed E-state index contributed by atoms with van der Waals surface area (Å²) in [6.45, 7) is 1.76. The van der Waals surface area contributed by atoms with Crippen LogP contribution in [0.25, 0.3) is 0 Å². The molecular weight excluding hydrogens is 296 g/mol. The molecule has 1 heterocycles. The van der Waals surface area contributed by atoms with E-state index in [4.69, 9.17) is 0 Å². The van der Waals surface area contributed by atoms with Gasteiger partial charge in [0.2, 0.25) is 0 Å². The molecule has 0 saturated heterocycles. The third-order valence-corrected chi connectivity index (χ3v) is 4.91. The number of pyridine rings is 1. The normalized spacial score (nSPS) is 16.3. The lowest BCUT2D eigenvalue weighted by molar-refractivity contribution is 0.244. The van der Waals surface area contributed by atoms with Gasteiger partial charge in [-0.15, -0.1) is 0 Å². The number of aliphatic imine (C=N–C) groups is 1. The first-order valence-electron chi connectivity index (χ1n) is 8.72. The summed E-state index contributed by atoms with van der Waals surface area (Å²) in [7, 11) is 1.83. The topological polar surface area (TPSA) is 49.3 Å². The highest BCUT2D eigenvalue weighted by molar-refractivity contribution is 5.79. The van der Waals surface area contributed by atoms with Crippen molar-refractivity contribution in [3.8, 4) is 0 Å². The van der Waals surface area contributed by atoms with E-state index in [1.54, 1.807) is 0 Å². The third kappa shape index (κ3) is 3.94. The van der Waals surface area contributed by atoms with Crippen LogP contribution in [-0.4, -0.2) is 31.1 Å². The molecule has 0 bridgehead atoms. The van der Waals surface area contributed by atoms with Crippen LogP contribution in [0.4, 0.5) is 0 Å². The Labute approximate surface area is 144 Å². The van der Waals surface area contributed by atoms with Crippen LogP contribution in [0, 0.1) is 0 Å². The maximum Gasteiger partial charge on any atom is 0.191 e. The Kier molecular flexibility index (Phi) is 5.47. The van der Waals surface area contributed by atoms with E-state index in [9.17, 15) is 0 Å². The van der Waals surface area contributed by atoms with Gasteiger partial charge in [-0.05, 0) is 30.5 Å². The third-order valence-electron chi connectivity index (χ3n) is 4.91. The van der Waals surface area contributed by atoms with Gasteiger partial charge in [-0.1, -0.05) is 42.8 Å². The second-order valence-corrected chi connectivity index (χ2v) is 6.42. The molecule has 126 valence electrons. The number of guanidine groups is 1. The molecular formula is C20H26N4. The molecule has 0 amide bonds. The zero-order valence-electron chi connectivity index (χ0n) is 14.3. The average Bonchev–Trinajstić information content (AvgIpc) is 2.61. The molecule has 0 unspecified atom stereocenters. The summed E-state index contributed by atoms with van der Waals surface area (Å²) < 4.78 is 0. The van der Waals surface area contributed by atoms with Gasteiger partial charge >= 0.3 is 0 Å². The highest BCUT2D eigenvalue weighted by atomic mass is 15.2. The van der Waals surface area contributed by atoms with Gasteiger partial charge in [-0.25, -0.2) is 0 Å². The molecule has 0 spiro atoms. The fourth-order valence-electron chi connectivity index (χ4n) is 3.29. The van der Waals surface area contributed by atoms with Crippen molar-refractivity contribution in [2.45, 2.75) is 31.1 Å². The number of benzene rings is 1. The predicted octanol–water partition coefficient (Wildman–Crippen LogP) is 2.91. The summed E-state index contributed by atoms with van der Waals surface area (Å²) in [4.78, 5) is 8.70. The van der Waals surface area contributed by atoms with Gasteiger partial charge in [0.25, 0.3) is 0 Å². The molecule has 1 aliphatic carbocycles. The highest BCUT2D eigenvalue weighted by Crippen LogP contribution is 2.43. The molecule has 0 radical (unpaired) electrons. The first kappa shape index (κ1) is 16.5. The molecule has 2 N–H and O–H groups in total. The minimum Gasteiger partial charge on any atom is -0.356 e. The quantitative estimate of drug-likeness (QED) is 0.635. The Morgan fingerprint density at radius 3 is 2.50 bits per heavy atom. The summed E-state index contributed by atoms with van der Waals surface area (Å²) in [5.41, 5.74) is 2.80. The van der Waals surface area contributed by atoms with Crippen LogP contribution in [-0.2, 0) is 11.8 Å². The van der Waals surface area contributed by atoms with Crippen molar-refractivity contribution in [1.82, 2.24) is 15.6 Å². The SMILES string of the molecule is CN=C(NCCc1ccccn1)NCC1(c2ccccc2)CCC1. The lowest BCUT2D eigenvalue weighted by atomic mass is 9.64. The maximum atomic E-state index is 4.35. The van der Waals surface area contributed by atoms with Crippen molar-refractivity contribution in [3.63, 3.8) is 0 Å². The van der Waals surface area contributed by atoms with Crippen molar-refractivity contribution in [2.75, 3.05) is 20.1 Å². The highest BCUT2D eigenvalue weighted by Gasteiger charge is 2.38. The Morgan fingerprint density at radius 2 is 1.88 bits per heavy atom. The Morgan fingerprint density at radius 1 is 1.08 bits per heavy atom. The van der Waals surface area contributed by atoms with E-state index in [0.717, 1.165) is 31.2 Å². The van der Waals surface area contributed by atoms with Crippen LogP contribution in [0.1, 0.15) is 30.5 Å². The standard InChI is InChI=1S/C20H26N4/c1-21-19(23-15-11-18-10-5-6-14-22-18)24-16-20(12-7-13-20)17-8-3-2-4-9-17/h2-6,8-10,14H,7,11-13,15-16H2,1H3,(H2,21,23,24). The number of aromatic nitrogens is 1. The van der Waals surface area contributed by atoms with E-state index in [0.29, 0.717) is 0 Å². The van der Waals surface area contributed by atoms with Gasteiger partial charge in [-0.3, -0.25) is 9.98 Å². The van der Waals surface area contributed by atoms with E-state index in [1.165, 1.54) is 24.8 Å². The zero-order valence-corrected chi connectivity index (χ0v) is 14.3. The number of hydrogen-bond acceptors (Lipinski definition) is 2. The van der Waals surface area contributed by atoms with Crippen LogP contribution in [0.15, 0.2) is 59.7 Å². The largest absolute Gasteiger partial charge is 0.356 e. The summed E-state index contributed by atoms with van der Waals surface area (Å²) in [5, 5.41) is 6.90. The fourth-order valence-corrected chi connectivity index (χ4v) is 3.29. The number of rotatable bonds is 6. The summed E-state index contributed by atoms with van der Waals surface area (Å²) >= 11 is 0. The van der Waals surface area contributed by atoms with Gasteiger partial charge in [0.15, 0.2) is 5.96 Å². The molecule has 4 nitrogen and oxygen atoms in total. The summed E-state index contributed by atoms with van der Waals surface area (Å²) in [6.07, 6.45) is 6.53. The first-order chi connectivity index (χ1) is 11.8. The van der Waals surface area contributed by atoms with E-state index < -0.39 is 0 Å². The molecule has 2 aromatic rings. The molecule has 1 aliphatic rings. The van der Waals surface area contributed by atoms with Gasteiger partial charge in [-0.2, -0.15) is 0 Å². The van der Waals surface area contributed by atoms with E-state index in [-0.39, 0.29) is 5.41 Å². The van der Waals surface area contributed by atoms with Gasteiger partial charge in [0.1, 0.15) is 0 Å². The summed E-state index contributed by atoms with van der Waals surface area (Å²) in [6, 6.07) is 16.9. The van der Waals surface area contributed by atoms with Crippen LogP contribution >= 0.6 is 0 Å². The summed E-state index contributed by atoms with van der Waals surface area (Å²) in [5.74, 6) is 0.869. The fraction of sp³-hybridized carbons (Fsp3) is 0.400. The van der Waals surface area contributed by atoms with Crippen molar-refractivity contribution in [3.05, 3.63) is 66.0 Å². The molecule has 0 aliphatic heterocycles. The molecule has 0 atom stereocenters. The smallest absolute Gasteiger partial charge is 0.191 e. The molecule has 4 heteroatoms. The Balaban J connectivity index is 1.50. The molecule has 3 rings (SSSR count). The van der Waals surface area contributed by atoms with Gasteiger partial charge in [0.05, 0.1) is 0 Å². The minimum atomic E-state index is 0.264. The average molecular weight is 322 g/mol. The zero-order chi connectivity index (χ0) is 16.7. The molecule has 24 heavy (non-hydrogen) atoms. The van der Waals surface area contributed by atoms with Crippen LogP contribution < -0.4 is 10.6 Å². The van der Waals surface area contributed by atoms with Crippen LogP contribution in [0.2, 0.25) is 0 Å². The van der Waals surface area contributed by atoms with Gasteiger partial charge < -0.3 is 10.6 Å². The van der Waals surface area contributed by atoms with Crippen molar-refractivity contribution >= 4 is 5.96 Å². The van der Waals surface area contributed by atoms with Crippen LogP contribution in [0.3, 0.4) is 0 Å². The van der Waals surface area contributed by atoms with Crippen LogP contribution in [0.5, 0.6) is 0 Å². The Bertz CT molecular complexity index is 648. The minimum absolute atomic E-state index is 0.264. The molecule has 1 aromatic heterocycles. The first-order valence-corrected chi connectivity index (χ1v) is 8.72. The monoisotopic (exact) mass is 322 g/mol. The van der Waals surface area contributed by atoms with Crippen molar-refractivity contribution in [2.24, 2.45) is 4.99 Å². The molecule has 1 saturated carbocycles. The second-order valence-electron chi connectivity index (χ2n) is 6.42. The van der Waals surface area contributed by atoms with Crippen molar-refractivity contribution < 1.29 is 0 Å². The maximum absolute atomic E-state index is 4.35. The molecule has 1 fully saturated rings. The van der Waals surface area contributed by atoms with E-state index in [2.05, 4.69) is 57.0 Å². The second kappa shape index (κ2) is 7.95. The van der Waals surface area contributed by atoms with Gasteiger partial charge in [0, 0.05) is 43.9 Å². The number of nitrogens with zero attached hydrogens (tertiary/aromatic N) is 2. The lowest BCUT2D eigenvalue weighted by Gasteiger charge is -2.43. The van der Waals surface area contributed by atoms with E-state index in [1.807, 2.05) is 25.4 Å². The van der Waals surface area contributed by atoms with Crippen molar-refractivity contribution in [1.29, 1.82) is 0 Å². The molecule has 1 aromatic carbocycles. The predicted molar refractivity (Wildman–Crippen MR) is 99.3 cm³/mol. The number of hydrogen-bond donors (Lipinski definition) is 2. The lowest BCUT2D eigenvalue weighted by Crippen LogP contribution is -2.49. The Hall–Kier alpha value is -2.36.